The molecule has 3 rings (SSSR count). The van der Waals surface area contributed by atoms with E-state index >= 15 is 0 Å². The number of carbonyl (C=O) groups excluding carboxylic acids is 3. The Balaban J connectivity index is 1.52. The first kappa shape index (κ1) is 23.3. The van der Waals surface area contributed by atoms with Crippen LogP contribution < -0.4 is 10.6 Å². The van der Waals surface area contributed by atoms with Gasteiger partial charge in [-0.15, -0.1) is 0 Å². The van der Waals surface area contributed by atoms with Gasteiger partial charge in [0.1, 0.15) is 0 Å². The highest BCUT2D eigenvalue weighted by Gasteiger charge is 2.22. The van der Waals surface area contributed by atoms with Crippen LogP contribution in [0.5, 0.6) is 0 Å². The second kappa shape index (κ2) is 12.4. The molecule has 2 fully saturated rings. The Kier molecular flexibility index (Phi) is 9.34. The number of amides is 3. The van der Waals surface area contributed by atoms with E-state index in [4.69, 9.17) is 0 Å². The van der Waals surface area contributed by atoms with Gasteiger partial charge in [-0.1, -0.05) is 24.6 Å². The van der Waals surface area contributed by atoms with Crippen molar-refractivity contribution in [2.75, 3.05) is 45.8 Å². The zero-order valence-electron chi connectivity index (χ0n) is 18.5. The number of nitrogens with one attached hydrogen (secondary N) is 2. The van der Waals surface area contributed by atoms with E-state index < -0.39 is 0 Å². The van der Waals surface area contributed by atoms with Crippen LogP contribution in [0.25, 0.3) is 0 Å². The maximum absolute atomic E-state index is 12.9. The van der Waals surface area contributed by atoms with Crippen molar-refractivity contribution in [3.63, 3.8) is 0 Å². The summed E-state index contributed by atoms with van der Waals surface area (Å²) in [7, 11) is 0. The second-order valence-electron chi connectivity index (χ2n) is 8.58. The molecule has 1 aromatic rings. The van der Waals surface area contributed by atoms with Gasteiger partial charge in [0.25, 0.3) is 5.91 Å². The van der Waals surface area contributed by atoms with E-state index in [2.05, 4.69) is 15.5 Å². The van der Waals surface area contributed by atoms with Crippen LogP contribution in [0.2, 0.25) is 0 Å². The van der Waals surface area contributed by atoms with E-state index in [1.165, 1.54) is 19.3 Å². The summed E-state index contributed by atoms with van der Waals surface area (Å²) >= 11 is 0. The third-order valence-electron chi connectivity index (χ3n) is 6.26. The van der Waals surface area contributed by atoms with Crippen molar-refractivity contribution in [1.29, 1.82) is 0 Å². The topological polar surface area (TPSA) is 81.8 Å². The Morgan fingerprint density at radius 1 is 0.968 bits per heavy atom. The van der Waals surface area contributed by atoms with Crippen LogP contribution in [0.3, 0.4) is 0 Å². The Morgan fingerprint density at radius 3 is 2.52 bits per heavy atom. The van der Waals surface area contributed by atoms with Crippen LogP contribution >= 0.6 is 0 Å². The molecular formula is C24H36N4O3. The maximum Gasteiger partial charge on any atom is 0.253 e. The standard InChI is InChI=1S/C24H36N4O3/c29-22-12-18-28(24(31)21-8-3-1-4-9-21)17-7-10-20(11-13-25-22)23(30)26-14-19-27-15-5-2-6-16-27/h1,3-4,8-9,20H,2,5-7,10-19H2,(H,25,29)(H,26,30). The summed E-state index contributed by atoms with van der Waals surface area (Å²) < 4.78 is 0. The Morgan fingerprint density at radius 2 is 1.74 bits per heavy atom. The molecule has 2 N–H and O–H groups in total. The lowest BCUT2D eigenvalue weighted by molar-refractivity contribution is -0.126. The highest BCUT2D eigenvalue weighted by molar-refractivity contribution is 5.94. The van der Waals surface area contributed by atoms with Crippen LogP contribution in [0, 0.1) is 5.92 Å². The average Bonchev–Trinajstić information content (AvgIpc) is 2.84. The molecule has 0 radical (unpaired) electrons. The molecule has 0 spiro atoms. The van der Waals surface area contributed by atoms with Gasteiger partial charge in [-0.3, -0.25) is 14.4 Å². The molecule has 2 saturated heterocycles. The Hall–Kier alpha value is -2.41. The zero-order chi connectivity index (χ0) is 21.9. The summed E-state index contributed by atoms with van der Waals surface area (Å²) in [5.41, 5.74) is 0.629. The van der Waals surface area contributed by atoms with Crippen molar-refractivity contribution >= 4 is 17.7 Å². The van der Waals surface area contributed by atoms with Crippen molar-refractivity contribution in [2.45, 2.75) is 44.9 Å². The largest absolute Gasteiger partial charge is 0.356 e. The molecule has 2 aliphatic heterocycles. The third-order valence-corrected chi connectivity index (χ3v) is 6.26. The summed E-state index contributed by atoms with van der Waals surface area (Å²) in [5.74, 6) is -0.216. The minimum atomic E-state index is -0.145. The summed E-state index contributed by atoms with van der Waals surface area (Å²) in [6.45, 7) is 5.25. The number of piperidine rings is 1. The smallest absolute Gasteiger partial charge is 0.253 e. The van der Waals surface area contributed by atoms with Gasteiger partial charge in [0.05, 0.1) is 0 Å². The van der Waals surface area contributed by atoms with Crippen molar-refractivity contribution in [3.8, 4) is 0 Å². The van der Waals surface area contributed by atoms with E-state index in [1.807, 2.05) is 18.2 Å². The lowest BCUT2D eigenvalue weighted by Crippen LogP contribution is -2.40. The SMILES string of the molecule is O=C1CCN(C(=O)c2ccccc2)CCCC(C(=O)NCCN2CCCCC2)CCN1. The molecule has 2 heterocycles. The zero-order valence-corrected chi connectivity index (χ0v) is 18.5. The number of likely N-dealkylation sites (tertiary alicyclic amines) is 1. The second-order valence-corrected chi connectivity index (χ2v) is 8.58. The third kappa shape index (κ3) is 7.65. The van der Waals surface area contributed by atoms with E-state index in [0.29, 0.717) is 44.6 Å². The Bertz CT molecular complexity index is 719. The van der Waals surface area contributed by atoms with Crippen LogP contribution in [-0.2, 0) is 9.59 Å². The number of hydrogen-bond acceptors (Lipinski definition) is 4. The van der Waals surface area contributed by atoms with Gasteiger partial charge in [-0.25, -0.2) is 0 Å². The van der Waals surface area contributed by atoms with Gasteiger partial charge in [-0.05, 0) is 57.3 Å². The fourth-order valence-electron chi connectivity index (χ4n) is 4.39. The van der Waals surface area contributed by atoms with Crippen molar-refractivity contribution in [3.05, 3.63) is 35.9 Å². The van der Waals surface area contributed by atoms with Gasteiger partial charge >= 0.3 is 0 Å². The number of carbonyl (C=O) groups is 3. The van der Waals surface area contributed by atoms with E-state index in [9.17, 15) is 14.4 Å². The van der Waals surface area contributed by atoms with Crippen LogP contribution in [0.1, 0.15) is 55.3 Å². The minimum absolute atomic E-state index is 0.0600. The summed E-state index contributed by atoms with van der Waals surface area (Å²) in [4.78, 5) is 42.0. The summed E-state index contributed by atoms with van der Waals surface area (Å²) in [6.07, 6.45) is 6.17. The van der Waals surface area contributed by atoms with Crippen LogP contribution in [-0.4, -0.2) is 73.3 Å². The molecule has 7 heteroatoms. The molecule has 170 valence electrons. The molecule has 0 aliphatic carbocycles. The number of nitrogens with zero attached hydrogens (tertiary/aromatic N) is 2. The van der Waals surface area contributed by atoms with Gasteiger partial charge in [0, 0.05) is 50.6 Å². The van der Waals surface area contributed by atoms with E-state index in [1.54, 1.807) is 17.0 Å². The first-order valence-corrected chi connectivity index (χ1v) is 11.7. The highest BCUT2D eigenvalue weighted by Crippen LogP contribution is 2.15. The van der Waals surface area contributed by atoms with Crippen molar-refractivity contribution in [1.82, 2.24) is 20.4 Å². The van der Waals surface area contributed by atoms with E-state index in [-0.39, 0.29) is 30.1 Å². The monoisotopic (exact) mass is 428 g/mol. The molecule has 2 aliphatic rings. The fraction of sp³-hybridized carbons (Fsp3) is 0.625. The van der Waals surface area contributed by atoms with Crippen molar-refractivity contribution < 1.29 is 14.4 Å². The van der Waals surface area contributed by atoms with Crippen LogP contribution in [0.4, 0.5) is 0 Å². The summed E-state index contributed by atoms with van der Waals surface area (Å²) in [6, 6.07) is 9.16. The number of rotatable bonds is 5. The van der Waals surface area contributed by atoms with Gasteiger partial charge < -0.3 is 20.4 Å². The molecule has 1 atom stereocenters. The predicted octanol–water partition coefficient (Wildman–Crippen LogP) is 2.04. The van der Waals surface area contributed by atoms with E-state index in [0.717, 1.165) is 26.1 Å². The minimum Gasteiger partial charge on any atom is -0.356 e. The highest BCUT2D eigenvalue weighted by atomic mass is 16.2. The molecule has 3 amide bonds. The lowest BCUT2D eigenvalue weighted by Gasteiger charge is -2.27. The molecule has 0 bridgehead atoms. The molecule has 1 unspecified atom stereocenters. The Labute approximate surface area is 185 Å². The first-order valence-electron chi connectivity index (χ1n) is 11.7. The molecule has 31 heavy (non-hydrogen) atoms. The quantitative estimate of drug-likeness (QED) is 0.752. The summed E-state index contributed by atoms with van der Waals surface area (Å²) in [5, 5.41) is 6.00. The van der Waals surface area contributed by atoms with Gasteiger partial charge in [-0.2, -0.15) is 0 Å². The van der Waals surface area contributed by atoms with Gasteiger partial charge in [0.15, 0.2) is 0 Å². The average molecular weight is 429 g/mol. The lowest BCUT2D eigenvalue weighted by atomic mass is 9.98. The van der Waals surface area contributed by atoms with Gasteiger partial charge in [0.2, 0.25) is 11.8 Å². The fourth-order valence-corrected chi connectivity index (χ4v) is 4.39. The molecule has 0 aromatic heterocycles. The normalized spacial score (nSPS) is 21.6. The molecule has 0 saturated carbocycles. The maximum atomic E-state index is 12.9. The number of benzene rings is 1. The number of hydrogen-bond donors (Lipinski definition) is 2. The van der Waals surface area contributed by atoms with Crippen LogP contribution in [0.15, 0.2) is 30.3 Å². The first-order chi connectivity index (χ1) is 15.1. The predicted molar refractivity (Wildman–Crippen MR) is 121 cm³/mol. The van der Waals surface area contributed by atoms with Crippen molar-refractivity contribution in [2.24, 2.45) is 5.92 Å². The molecule has 7 nitrogen and oxygen atoms in total. The molecule has 1 aromatic carbocycles. The molecular weight excluding hydrogens is 392 g/mol.